The Morgan fingerprint density at radius 2 is 2.00 bits per heavy atom. The molecule has 5 nitrogen and oxygen atoms in total. The van der Waals surface area contributed by atoms with Crippen molar-refractivity contribution in [1.82, 2.24) is 4.31 Å². The van der Waals surface area contributed by atoms with Crippen LogP contribution in [0, 0.1) is 11.3 Å². The van der Waals surface area contributed by atoms with Crippen LogP contribution in [0.1, 0.15) is 47.0 Å². The SMILES string of the molecule is CC(C)CCS(=O)(=O)N1CCCC(C)(C)C1C(=O)O. The van der Waals surface area contributed by atoms with E-state index in [9.17, 15) is 18.3 Å². The molecule has 0 saturated carbocycles. The van der Waals surface area contributed by atoms with Gasteiger partial charge >= 0.3 is 5.97 Å². The molecule has 1 N–H and O–H groups in total. The van der Waals surface area contributed by atoms with Crippen LogP contribution >= 0.6 is 0 Å². The van der Waals surface area contributed by atoms with Crippen molar-refractivity contribution in [3.8, 4) is 0 Å². The number of carboxylic acid groups (broad SMARTS) is 1. The molecule has 1 saturated heterocycles. The summed E-state index contributed by atoms with van der Waals surface area (Å²) in [4.78, 5) is 11.5. The first-order chi connectivity index (χ1) is 8.58. The molecule has 112 valence electrons. The maximum absolute atomic E-state index is 12.4. The molecule has 0 aromatic heterocycles. The lowest BCUT2D eigenvalue weighted by Crippen LogP contribution is -2.56. The molecular formula is C13H25NO4S. The zero-order valence-electron chi connectivity index (χ0n) is 12.2. The van der Waals surface area contributed by atoms with Crippen LogP contribution in [-0.2, 0) is 14.8 Å². The fourth-order valence-electron chi connectivity index (χ4n) is 2.61. The van der Waals surface area contributed by atoms with E-state index in [-0.39, 0.29) is 11.7 Å². The lowest BCUT2D eigenvalue weighted by molar-refractivity contribution is -0.147. The Balaban J connectivity index is 2.98. The molecule has 1 atom stereocenters. The third kappa shape index (κ3) is 3.92. The highest BCUT2D eigenvalue weighted by Crippen LogP contribution is 2.37. The predicted molar refractivity (Wildman–Crippen MR) is 74.4 cm³/mol. The van der Waals surface area contributed by atoms with Gasteiger partial charge in [0.15, 0.2) is 0 Å². The third-order valence-corrected chi connectivity index (χ3v) is 5.63. The second-order valence-corrected chi connectivity index (χ2v) is 8.48. The number of nitrogens with zero attached hydrogens (tertiary/aromatic N) is 1. The highest BCUT2D eigenvalue weighted by Gasteiger charge is 2.46. The summed E-state index contributed by atoms with van der Waals surface area (Å²) in [5.74, 6) is -0.724. The fourth-order valence-corrected chi connectivity index (χ4v) is 4.71. The quantitative estimate of drug-likeness (QED) is 0.840. The number of carbonyl (C=O) groups is 1. The van der Waals surface area contributed by atoms with E-state index in [1.807, 2.05) is 27.7 Å². The molecule has 1 fully saturated rings. The number of sulfonamides is 1. The summed E-state index contributed by atoms with van der Waals surface area (Å²) in [6, 6.07) is -0.946. The molecule has 1 aliphatic heterocycles. The maximum Gasteiger partial charge on any atom is 0.322 e. The second-order valence-electron chi connectivity index (χ2n) is 6.44. The van der Waals surface area contributed by atoms with E-state index in [0.29, 0.717) is 13.0 Å². The lowest BCUT2D eigenvalue weighted by atomic mass is 9.77. The molecule has 1 aliphatic rings. The Labute approximate surface area is 116 Å². The minimum Gasteiger partial charge on any atom is -0.480 e. The van der Waals surface area contributed by atoms with Gasteiger partial charge in [-0.15, -0.1) is 0 Å². The smallest absolute Gasteiger partial charge is 0.322 e. The minimum absolute atomic E-state index is 0.0323. The number of hydrogen-bond acceptors (Lipinski definition) is 3. The third-order valence-electron chi connectivity index (χ3n) is 3.77. The van der Waals surface area contributed by atoms with Crippen LogP contribution in [0.25, 0.3) is 0 Å². The van der Waals surface area contributed by atoms with Gasteiger partial charge in [0.1, 0.15) is 6.04 Å². The van der Waals surface area contributed by atoms with E-state index in [2.05, 4.69) is 0 Å². The van der Waals surface area contributed by atoms with Crippen LogP contribution in [0.2, 0.25) is 0 Å². The molecule has 0 aliphatic carbocycles. The highest BCUT2D eigenvalue weighted by molar-refractivity contribution is 7.89. The number of rotatable bonds is 5. The Morgan fingerprint density at radius 3 is 2.47 bits per heavy atom. The van der Waals surface area contributed by atoms with Crippen molar-refractivity contribution in [3.05, 3.63) is 0 Å². The standard InChI is InChI=1S/C13H25NO4S/c1-10(2)6-9-19(17,18)14-8-5-7-13(3,4)11(14)12(15)16/h10-11H,5-9H2,1-4H3,(H,15,16). The highest BCUT2D eigenvalue weighted by atomic mass is 32.2. The Morgan fingerprint density at radius 1 is 1.42 bits per heavy atom. The molecule has 0 bridgehead atoms. The van der Waals surface area contributed by atoms with Gasteiger partial charge in [-0.25, -0.2) is 8.42 Å². The fraction of sp³-hybridized carbons (Fsp3) is 0.923. The predicted octanol–water partition coefficient (Wildman–Crippen LogP) is 1.94. The molecule has 6 heteroatoms. The van der Waals surface area contributed by atoms with E-state index in [1.54, 1.807) is 0 Å². The van der Waals surface area contributed by atoms with Crippen LogP contribution in [0.15, 0.2) is 0 Å². The second kappa shape index (κ2) is 5.79. The van der Waals surface area contributed by atoms with Gasteiger partial charge in [-0.1, -0.05) is 27.7 Å². The van der Waals surface area contributed by atoms with Gasteiger partial charge in [0.25, 0.3) is 0 Å². The summed E-state index contributed by atoms with van der Waals surface area (Å²) < 4.78 is 25.9. The van der Waals surface area contributed by atoms with Crippen LogP contribution < -0.4 is 0 Å². The molecule has 0 aromatic rings. The van der Waals surface area contributed by atoms with Crippen LogP contribution in [-0.4, -0.2) is 42.1 Å². The molecule has 1 heterocycles. The lowest BCUT2D eigenvalue weighted by Gasteiger charge is -2.43. The molecule has 0 amide bonds. The molecule has 0 radical (unpaired) electrons. The molecular weight excluding hydrogens is 266 g/mol. The molecule has 0 spiro atoms. The van der Waals surface area contributed by atoms with Gasteiger partial charge in [0.2, 0.25) is 10.0 Å². The number of piperidine rings is 1. The van der Waals surface area contributed by atoms with Crippen molar-refractivity contribution in [2.45, 2.75) is 53.0 Å². The number of carboxylic acids is 1. The summed E-state index contributed by atoms with van der Waals surface area (Å²) in [5, 5.41) is 9.38. The minimum atomic E-state index is -3.49. The van der Waals surface area contributed by atoms with E-state index < -0.39 is 27.4 Å². The van der Waals surface area contributed by atoms with Crippen molar-refractivity contribution < 1.29 is 18.3 Å². The first kappa shape index (κ1) is 16.4. The van der Waals surface area contributed by atoms with Gasteiger partial charge in [0, 0.05) is 6.54 Å². The molecule has 1 unspecified atom stereocenters. The largest absolute Gasteiger partial charge is 0.480 e. The maximum atomic E-state index is 12.4. The average Bonchev–Trinajstić information content (AvgIpc) is 2.24. The molecule has 0 aromatic carbocycles. The van der Waals surface area contributed by atoms with Gasteiger partial charge in [-0.3, -0.25) is 4.79 Å². The summed E-state index contributed by atoms with van der Waals surface area (Å²) in [7, 11) is -3.49. The van der Waals surface area contributed by atoms with Gasteiger partial charge in [0.05, 0.1) is 5.75 Å². The average molecular weight is 291 g/mol. The topological polar surface area (TPSA) is 74.7 Å². The van der Waals surface area contributed by atoms with Crippen molar-refractivity contribution >= 4 is 16.0 Å². The van der Waals surface area contributed by atoms with Crippen LogP contribution in [0.3, 0.4) is 0 Å². The molecule has 1 rings (SSSR count). The van der Waals surface area contributed by atoms with E-state index in [1.165, 1.54) is 4.31 Å². The summed E-state index contributed by atoms with van der Waals surface area (Å²) in [6.07, 6.45) is 2.02. The molecule has 19 heavy (non-hydrogen) atoms. The van der Waals surface area contributed by atoms with Gasteiger partial charge < -0.3 is 5.11 Å². The Kier molecular flexibility index (Phi) is 5.01. The van der Waals surface area contributed by atoms with Gasteiger partial charge in [-0.05, 0) is 30.6 Å². The first-order valence-corrected chi connectivity index (χ1v) is 8.41. The zero-order valence-corrected chi connectivity index (χ0v) is 13.0. The van der Waals surface area contributed by atoms with E-state index in [4.69, 9.17) is 0 Å². The monoisotopic (exact) mass is 291 g/mol. The van der Waals surface area contributed by atoms with E-state index >= 15 is 0 Å². The number of hydrogen-bond donors (Lipinski definition) is 1. The Bertz CT molecular complexity index is 428. The van der Waals surface area contributed by atoms with Crippen molar-refractivity contribution in [2.24, 2.45) is 11.3 Å². The van der Waals surface area contributed by atoms with E-state index in [0.717, 1.165) is 12.8 Å². The van der Waals surface area contributed by atoms with Crippen molar-refractivity contribution in [2.75, 3.05) is 12.3 Å². The summed E-state index contributed by atoms with van der Waals surface area (Å²) in [5.41, 5.74) is -0.519. The van der Waals surface area contributed by atoms with Crippen LogP contribution in [0.4, 0.5) is 0 Å². The first-order valence-electron chi connectivity index (χ1n) is 6.80. The van der Waals surface area contributed by atoms with Gasteiger partial charge in [-0.2, -0.15) is 4.31 Å². The van der Waals surface area contributed by atoms with Crippen LogP contribution in [0.5, 0.6) is 0 Å². The number of aliphatic carboxylic acids is 1. The zero-order chi connectivity index (χ0) is 14.8. The Hall–Kier alpha value is -0.620. The summed E-state index contributed by atoms with van der Waals surface area (Å²) in [6.45, 7) is 7.90. The van der Waals surface area contributed by atoms with Crippen molar-refractivity contribution in [1.29, 1.82) is 0 Å². The summed E-state index contributed by atoms with van der Waals surface area (Å²) >= 11 is 0. The normalized spacial score (nSPS) is 24.6. The van der Waals surface area contributed by atoms with Crippen molar-refractivity contribution in [3.63, 3.8) is 0 Å².